The molecular formula is C14H16BrN3O4. The summed E-state index contributed by atoms with van der Waals surface area (Å²) in [6, 6.07) is 3.63. The lowest BCUT2D eigenvalue weighted by atomic mass is 10.2. The zero-order valence-corrected chi connectivity index (χ0v) is 13.5. The molecule has 0 radical (unpaired) electrons. The van der Waals surface area contributed by atoms with E-state index in [2.05, 4.69) is 26.5 Å². The van der Waals surface area contributed by atoms with E-state index in [9.17, 15) is 4.79 Å². The van der Waals surface area contributed by atoms with Crippen molar-refractivity contribution in [3.8, 4) is 11.5 Å². The van der Waals surface area contributed by atoms with Crippen molar-refractivity contribution >= 4 is 28.1 Å². The zero-order chi connectivity index (χ0) is 15.4. The molecule has 2 aliphatic rings. The number of nitrogens with zero attached hydrogens (tertiary/aromatic N) is 2. The third-order valence-electron chi connectivity index (χ3n) is 3.36. The second-order valence-corrected chi connectivity index (χ2v) is 5.76. The molecule has 7 nitrogen and oxygen atoms in total. The maximum atomic E-state index is 11.8. The number of morpholine rings is 1. The number of amides is 1. The molecule has 1 aromatic carbocycles. The standard InChI is InChI=1S/C14H16BrN3O4/c15-11-6-13-12(21-9-22-13)5-10(11)7-16-17-14(19)8-18-1-3-20-4-2-18/h5-7H,1-4,8-9H2,(H,17,19). The van der Waals surface area contributed by atoms with Crippen LogP contribution in [-0.2, 0) is 9.53 Å². The van der Waals surface area contributed by atoms with Gasteiger partial charge in [0.2, 0.25) is 6.79 Å². The summed E-state index contributed by atoms with van der Waals surface area (Å²) in [5.41, 5.74) is 3.33. The first kappa shape index (κ1) is 15.3. The van der Waals surface area contributed by atoms with Crippen molar-refractivity contribution in [2.75, 3.05) is 39.6 Å². The molecule has 1 fully saturated rings. The SMILES string of the molecule is O=C(CN1CCOCC1)NN=Cc1cc2c(cc1Br)OCO2. The maximum Gasteiger partial charge on any atom is 0.254 e. The smallest absolute Gasteiger partial charge is 0.254 e. The van der Waals surface area contributed by atoms with Crippen LogP contribution in [-0.4, -0.2) is 56.7 Å². The van der Waals surface area contributed by atoms with E-state index >= 15 is 0 Å². The van der Waals surface area contributed by atoms with Gasteiger partial charge in [-0.1, -0.05) is 0 Å². The Balaban J connectivity index is 1.54. The summed E-state index contributed by atoms with van der Waals surface area (Å²) >= 11 is 3.44. The monoisotopic (exact) mass is 369 g/mol. The summed E-state index contributed by atoms with van der Waals surface area (Å²) in [5.74, 6) is 1.22. The van der Waals surface area contributed by atoms with Crippen molar-refractivity contribution in [3.63, 3.8) is 0 Å². The molecule has 22 heavy (non-hydrogen) atoms. The number of carbonyl (C=O) groups excluding carboxylic acids is 1. The van der Waals surface area contributed by atoms with Crippen LogP contribution in [0.1, 0.15) is 5.56 Å². The van der Waals surface area contributed by atoms with Crippen LogP contribution in [0, 0.1) is 0 Å². The van der Waals surface area contributed by atoms with Gasteiger partial charge in [0.15, 0.2) is 11.5 Å². The topological polar surface area (TPSA) is 72.4 Å². The number of hydrogen-bond acceptors (Lipinski definition) is 6. The van der Waals surface area contributed by atoms with E-state index in [1.165, 1.54) is 0 Å². The van der Waals surface area contributed by atoms with E-state index in [1.54, 1.807) is 6.21 Å². The van der Waals surface area contributed by atoms with Crippen molar-refractivity contribution < 1.29 is 19.0 Å². The summed E-state index contributed by atoms with van der Waals surface area (Å²) in [5, 5.41) is 3.98. The van der Waals surface area contributed by atoms with Gasteiger partial charge in [0.25, 0.3) is 5.91 Å². The van der Waals surface area contributed by atoms with Gasteiger partial charge in [0.05, 0.1) is 26.0 Å². The highest BCUT2D eigenvalue weighted by molar-refractivity contribution is 9.10. The van der Waals surface area contributed by atoms with Crippen molar-refractivity contribution in [2.24, 2.45) is 5.10 Å². The minimum Gasteiger partial charge on any atom is -0.454 e. The van der Waals surface area contributed by atoms with Gasteiger partial charge in [0, 0.05) is 23.1 Å². The molecule has 0 aromatic heterocycles. The molecule has 8 heteroatoms. The predicted octanol–water partition coefficient (Wildman–Crippen LogP) is 0.960. The number of fused-ring (bicyclic) bond motifs is 1. The molecule has 0 saturated carbocycles. The lowest BCUT2D eigenvalue weighted by Crippen LogP contribution is -2.42. The number of hydrazone groups is 1. The van der Waals surface area contributed by atoms with Crippen molar-refractivity contribution in [1.29, 1.82) is 0 Å². The second-order valence-electron chi connectivity index (χ2n) is 4.91. The largest absolute Gasteiger partial charge is 0.454 e. The Morgan fingerprint density at radius 1 is 1.32 bits per heavy atom. The summed E-state index contributed by atoms with van der Waals surface area (Å²) in [6.07, 6.45) is 1.57. The van der Waals surface area contributed by atoms with Crippen molar-refractivity contribution in [2.45, 2.75) is 0 Å². The van der Waals surface area contributed by atoms with Gasteiger partial charge in [-0.15, -0.1) is 0 Å². The summed E-state index contributed by atoms with van der Waals surface area (Å²) in [4.78, 5) is 13.8. The van der Waals surface area contributed by atoms with E-state index < -0.39 is 0 Å². The first-order chi connectivity index (χ1) is 10.7. The summed E-state index contributed by atoms with van der Waals surface area (Å²) in [6.45, 7) is 3.42. The van der Waals surface area contributed by atoms with E-state index in [0.29, 0.717) is 31.3 Å². The van der Waals surface area contributed by atoms with Gasteiger partial charge in [-0.3, -0.25) is 9.69 Å². The number of benzene rings is 1. The van der Waals surface area contributed by atoms with E-state index in [4.69, 9.17) is 14.2 Å². The zero-order valence-electron chi connectivity index (χ0n) is 11.9. The quantitative estimate of drug-likeness (QED) is 0.632. The lowest BCUT2D eigenvalue weighted by molar-refractivity contribution is -0.123. The molecule has 0 aliphatic carbocycles. The van der Waals surface area contributed by atoms with Crippen molar-refractivity contribution in [1.82, 2.24) is 10.3 Å². The van der Waals surface area contributed by atoms with Gasteiger partial charge in [0.1, 0.15) is 0 Å². The molecule has 0 atom stereocenters. The Hall–Kier alpha value is -1.64. The van der Waals surface area contributed by atoms with Gasteiger partial charge in [-0.25, -0.2) is 5.43 Å². The molecule has 118 valence electrons. The summed E-state index contributed by atoms with van der Waals surface area (Å²) < 4.78 is 16.7. The van der Waals surface area contributed by atoms with Crippen molar-refractivity contribution in [3.05, 3.63) is 22.2 Å². The number of ether oxygens (including phenoxy) is 3. The first-order valence-corrected chi connectivity index (χ1v) is 7.73. The molecule has 1 N–H and O–H groups in total. The molecular weight excluding hydrogens is 354 g/mol. The van der Waals surface area contributed by atoms with E-state index in [1.807, 2.05) is 17.0 Å². The Morgan fingerprint density at radius 2 is 2.05 bits per heavy atom. The number of carbonyl (C=O) groups is 1. The number of nitrogens with one attached hydrogen (secondary N) is 1. The molecule has 2 aliphatic heterocycles. The van der Waals surface area contributed by atoms with E-state index in [0.717, 1.165) is 23.1 Å². The molecule has 0 spiro atoms. The first-order valence-electron chi connectivity index (χ1n) is 6.93. The highest BCUT2D eigenvalue weighted by Crippen LogP contribution is 2.36. The molecule has 3 rings (SSSR count). The van der Waals surface area contributed by atoms with Gasteiger partial charge in [-0.2, -0.15) is 5.10 Å². The third kappa shape index (κ3) is 3.76. The number of halogens is 1. The van der Waals surface area contributed by atoms with Crippen LogP contribution >= 0.6 is 15.9 Å². The Kier molecular flexibility index (Phi) is 4.91. The molecule has 0 bridgehead atoms. The van der Waals surface area contributed by atoms with Crippen LogP contribution < -0.4 is 14.9 Å². The fourth-order valence-corrected chi connectivity index (χ4v) is 2.63. The van der Waals surface area contributed by atoms with Crippen LogP contribution in [0.3, 0.4) is 0 Å². The molecule has 1 saturated heterocycles. The minimum absolute atomic E-state index is 0.144. The number of rotatable bonds is 4. The number of hydrogen-bond donors (Lipinski definition) is 1. The molecule has 2 heterocycles. The highest BCUT2D eigenvalue weighted by atomic mass is 79.9. The third-order valence-corrected chi connectivity index (χ3v) is 4.04. The lowest BCUT2D eigenvalue weighted by Gasteiger charge is -2.25. The van der Waals surface area contributed by atoms with Crippen LogP contribution in [0.5, 0.6) is 11.5 Å². The average molecular weight is 370 g/mol. The molecule has 1 amide bonds. The normalized spacial score (nSPS) is 17.9. The molecule has 0 unspecified atom stereocenters. The Bertz CT molecular complexity index is 588. The average Bonchev–Trinajstić information content (AvgIpc) is 2.95. The maximum absolute atomic E-state index is 11.8. The van der Waals surface area contributed by atoms with E-state index in [-0.39, 0.29) is 12.7 Å². The Morgan fingerprint density at radius 3 is 2.82 bits per heavy atom. The Labute approximate surface area is 136 Å². The van der Waals surface area contributed by atoms with Gasteiger partial charge >= 0.3 is 0 Å². The predicted molar refractivity (Wildman–Crippen MR) is 83.3 cm³/mol. The summed E-state index contributed by atoms with van der Waals surface area (Å²) in [7, 11) is 0. The van der Waals surface area contributed by atoms with Crippen LogP contribution in [0.2, 0.25) is 0 Å². The minimum atomic E-state index is -0.144. The van der Waals surface area contributed by atoms with Crippen LogP contribution in [0.25, 0.3) is 0 Å². The fraction of sp³-hybridized carbons (Fsp3) is 0.429. The van der Waals surface area contributed by atoms with Crippen LogP contribution in [0.4, 0.5) is 0 Å². The fourth-order valence-electron chi connectivity index (χ4n) is 2.20. The van der Waals surface area contributed by atoms with Crippen LogP contribution in [0.15, 0.2) is 21.7 Å². The van der Waals surface area contributed by atoms with Gasteiger partial charge in [-0.05, 0) is 28.1 Å². The molecule has 1 aromatic rings. The highest BCUT2D eigenvalue weighted by Gasteiger charge is 2.16. The second kappa shape index (κ2) is 7.08. The van der Waals surface area contributed by atoms with Gasteiger partial charge < -0.3 is 14.2 Å².